The van der Waals surface area contributed by atoms with E-state index in [2.05, 4.69) is 45.0 Å². The molecule has 0 bridgehead atoms. The van der Waals surface area contributed by atoms with Crippen LogP contribution in [0.25, 0.3) is 0 Å². The van der Waals surface area contributed by atoms with E-state index < -0.39 is 0 Å². The number of nitrogens with one attached hydrogen (secondary N) is 1. The quantitative estimate of drug-likeness (QED) is 0.683. The molecule has 1 N–H and O–H groups in total. The van der Waals surface area contributed by atoms with Crippen molar-refractivity contribution in [1.29, 1.82) is 0 Å². The lowest BCUT2D eigenvalue weighted by atomic mass is 9.73. The van der Waals surface area contributed by atoms with Crippen LogP contribution in [0.5, 0.6) is 0 Å². The van der Waals surface area contributed by atoms with Gasteiger partial charge in [-0.15, -0.1) is 0 Å². The minimum atomic E-state index is 0.758. The molecule has 0 saturated heterocycles. The average Bonchev–Trinajstić information content (AvgIpc) is 2.43. The molecule has 0 spiro atoms. The van der Waals surface area contributed by atoms with Gasteiger partial charge in [-0.05, 0) is 70.0 Å². The van der Waals surface area contributed by atoms with Crippen LogP contribution in [-0.4, -0.2) is 37.6 Å². The van der Waals surface area contributed by atoms with Gasteiger partial charge in [-0.2, -0.15) is 0 Å². The van der Waals surface area contributed by atoms with Gasteiger partial charge in [0.25, 0.3) is 0 Å². The second kappa shape index (κ2) is 9.78. The molecule has 1 fully saturated rings. The summed E-state index contributed by atoms with van der Waals surface area (Å²) < 4.78 is 0. The first-order valence-electron chi connectivity index (χ1n) is 9.00. The highest BCUT2D eigenvalue weighted by Crippen LogP contribution is 2.34. The Balaban J connectivity index is 2.51. The summed E-state index contributed by atoms with van der Waals surface area (Å²) in [6.07, 6.45) is 8.13. The molecule has 1 aliphatic carbocycles. The van der Waals surface area contributed by atoms with Crippen LogP contribution in [0.2, 0.25) is 0 Å². The summed E-state index contributed by atoms with van der Waals surface area (Å²) in [5, 5.41) is 3.82. The summed E-state index contributed by atoms with van der Waals surface area (Å²) in [5.74, 6) is 2.65. The molecule has 2 nitrogen and oxygen atoms in total. The lowest BCUT2D eigenvalue weighted by Gasteiger charge is -2.40. The lowest BCUT2D eigenvalue weighted by molar-refractivity contribution is 0.132. The minimum absolute atomic E-state index is 0.758. The molecule has 0 heterocycles. The second-order valence-electron chi connectivity index (χ2n) is 7.25. The molecule has 0 amide bonds. The Kier molecular flexibility index (Phi) is 8.79. The number of unbranched alkanes of at least 4 members (excludes halogenated alkanes) is 1. The van der Waals surface area contributed by atoms with Crippen LogP contribution >= 0.6 is 0 Å². The number of hydrogen-bond donors (Lipinski definition) is 1. The van der Waals surface area contributed by atoms with Gasteiger partial charge in [0, 0.05) is 12.6 Å². The van der Waals surface area contributed by atoms with Gasteiger partial charge in [-0.1, -0.05) is 34.1 Å². The molecule has 3 atom stereocenters. The summed E-state index contributed by atoms with van der Waals surface area (Å²) in [5.41, 5.74) is 0. The molecular formula is C18H38N2. The first kappa shape index (κ1) is 18.0. The van der Waals surface area contributed by atoms with Crippen LogP contribution in [0.1, 0.15) is 66.2 Å². The van der Waals surface area contributed by atoms with Gasteiger partial charge in [0.15, 0.2) is 0 Å². The molecule has 120 valence electrons. The fraction of sp³-hybridized carbons (Fsp3) is 1.00. The zero-order valence-electron chi connectivity index (χ0n) is 14.6. The highest BCUT2D eigenvalue weighted by molar-refractivity contribution is 4.87. The van der Waals surface area contributed by atoms with Gasteiger partial charge >= 0.3 is 0 Å². The average molecular weight is 283 g/mol. The van der Waals surface area contributed by atoms with Crippen molar-refractivity contribution < 1.29 is 0 Å². The number of nitrogens with zero attached hydrogens (tertiary/aromatic N) is 1. The van der Waals surface area contributed by atoms with Gasteiger partial charge < -0.3 is 10.2 Å². The van der Waals surface area contributed by atoms with Crippen molar-refractivity contribution in [1.82, 2.24) is 10.2 Å². The third-order valence-electron chi connectivity index (χ3n) is 5.06. The maximum Gasteiger partial charge on any atom is 0.0108 e. The summed E-state index contributed by atoms with van der Waals surface area (Å²) >= 11 is 0. The summed E-state index contributed by atoms with van der Waals surface area (Å²) in [6, 6.07) is 0.758. The molecule has 0 aromatic rings. The summed E-state index contributed by atoms with van der Waals surface area (Å²) in [6.45, 7) is 13.1. The fourth-order valence-electron chi connectivity index (χ4n) is 3.63. The van der Waals surface area contributed by atoms with Crippen LogP contribution in [-0.2, 0) is 0 Å². The van der Waals surface area contributed by atoms with Crippen LogP contribution in [0.3, 0.4) is 0 Å². The Labute approximate surface area is 127 Å². The van der Waals surface area contributed by atoms with E-state index in [0.29, 0.717) is 0 Å². The van der Waals surface area contributed by atoms with Gasteiger partial charge in [0.2, 0.25) is 0 Å². The van der Waals surface area contributed by atoms with Gasteiger partial charge in [-0.3, -0.25) is 0 Å². The van der Waals surface area contributed by atoms with E-state index >= 15 is 0 Å². The van der Waals surface area contributed by atoms with Crippen molar-refractivity contribution in [2.75, 3.05) is 26.7 Å². The zero-order chi connectivity index (χ0) is 15.0. The molecule has 0 aliphatic heterocycles. The van der Waals surface area contributed by atoms with Gasteiger partial charge in [0.1, 0.15) is 0 Å². The normalized spacial score (nSPS) is 27.4. The highest BCUT2D eigenvalue weighted by atomic mass is 15.1. The molecule has 0 radical (unpaired) electrons. The SMILES string of the molecule is CCCCN(C)CC1CC(C(C)C)CCC1NCCC. The molecule has 0 aromatic carbocycles. The Morgan fingerprint density at radius 2 is 1.90 bits per heavy atom. The van der Waals surface area contributed by atoms with E-state index in [1.54, 1.807) is 0 Å². The number of rotatable bonds is 9. The van der Waals surface area contributed by atoms with Crippen LogP contribution in [0.4, 0.5) is 0 Å². The predicted octanol–water partition coefficient (Wildman–Crippen LogP) is 4.16. The van der Waals surface area contributed by atoms with Crippen molar-refractivity contribution in [3.8, 4) is 0 Å². The van der Waals surface area contributed by atoms with Gasteiger partial charge in [-0.25, -0.2) is 0 Å². The first-order chi connectivity index (χ1) is 9.58. The van der Waals surface area contributed by atoms with E-state index in [1.807, 2.05) is 0 Å². The Bertz CT molecular complexity index is 240. The lowest BCUT2D eigenvalue weighted by Crippen LogP contribution is -2.46. The second-order valence-corrected chi connectivity index (χ2v) is 7.25. The largest absolute Gasteiger partial charge is 0.314 e. The van der Waals surface area contributed by atoms with Crippen molar-refractivity contribution >= 4 is 0 Å². The third kappa shape index (κ3) is 6.13. The molecular weight excluding hydrogens is 244 g/mol. The molecule has 20 heavy (non-hydrogen) atoms. The first-order valence-corrected chi connectivity index (χ1v) is 9.00. The standard InChI is InChI=1S/C18H38N2/c1-6-8-12-20(5)14-17-13-16(15(3)4)9-10-18(17)19-11-7-2/h15-19H,6-14H2,1-5H3. The zero-order valence-corrected chi connectivity index (χ0v) is 14.6. The third-order valence-corrected chi connectivity index (χ3v) is 5.06. The van der Waals surface area contributed by atoms with Crippen molar-refractivity contribution in [2.45, 2.75) is 72.3 Å². The smallest absolute Gasteiger partial charge is 0.0108 e. The molecule has 0 aromatic heterocycles. The molecule has 1 saturated carbocycles. The minimum Gasteiger partial charge on any atom is -0.314 e. The van der Waals surface area contributed by atoms with Crippen molar-refractivity contribution in [3.05, 3.63) is 0 Å². The molecule has 3 unspecified atom stereocenters. The van der Waals surface area contributed by atoms with Crippen LogP contribution in [0.15, 0.2) is 0 Å². The van der Waals surface area contributed by atoms with Crippen LogP contribution < -0.4 is 5.32 Å². The molecule has 2 heteroatoms. The predicted molar refractivity (Wildman–Crippen MR) is 90.2 cm³/mol. The summed E-state index contributed by atoms with van der Waals surface area (Å²) in [7, 11) is 2.31. The monoisotopic (exact) mass is 282 g/mol. The van der Waals surface area contributed by atoms with Crippen molar-refractivity contribution in [2.24, 2.45) is 17.8 Å². The van der Waals surface area contributed by atoms with Crippen molar-refractivity contribution in [3.63, 3.8) is 0 Å². The van der Waals surface area contributed by atoms with Gasteiger partial charge in [0.05, 0.1) is 0 Å². The van der Waals surface area contributed by atoms with E-state index in [0.717, 1.165) is 23.8 Å². The maximum absolute atomic E-state index is 3.82. The summed E-state index contributed by atoms with van der Waals surface area (Å²) in [4.78, 5) is 2.57. The van der Waals surface area contributed by atoms with E-state index in [1.165, 1.54) is 58.2 Å². The topological polar surface area (TPSA) is 15.3 Å². The van der Waals surface area contributed by atoms with Crippen LogP contribution in [0, 0.1) is 17.8 Å². The van der Waals surface area contributed by atoms with E-state index in [-0.39, 0.29) is 0 Å². The molecule has 1 aliphatic rings. The van der Waals surface area contributed by atoms with E-state index in [4.69, 9.17) is 0 Å². The Hall–Kier alpha value is -0.0800. The number of hydrogen-bond acceptors (Lipinski definition) is 2. The Morgan fingerprint density at radius 3 is 2.50 bits per heavy atom. The van der Waals surface area contributed by atoms with E-state index in [9.17, 15) is 0 Å². The maximum atomic E-state index is 3.82. The Morgan fingerprint density at radius 1 is 1.15 bits per heavy atom. The highest BCUT2D eigenvalue weighted by Gasteiger charge is 2.31. The fourth-order valence-corrected chi connectivity index (χ4v) is 3.63. The molecule has 1 rings (SSSR count).